The fourth-order valence-corrected chi connectivity index (χ4v) is 1.91. The van der Waals surface area contributed by atoms with Gasteiger partial charge in [-0.2, -0.15) is 8.42 Å². The lowest BCUT2D eigenvalue weighted by atomic mass is 10.2. The third kappa shape index (κ3) is 4.59. The molecule has 1 rings (SSSR count). The summed E-state index contributed by atoms with van der Waals surface area (Å²) >= 11 is 0. The highest BCUT2D eigenvalue weighted by Gasteiger charge is 2.06. The van der Waals surface area contributed by atoms with Crippen LogP contribution in [-0.2, 0) is 10.3 Å². The fraction of sp³-hybridized carbons (Fsp3) is 0.400. The Balaban J connectivity index is 2.80. The van der Waals surface area contributed by atoms with Gasteiger partial charge in [0.25, 0.3) is 0 Å². The first-order valence-electron chi connectivity index (χ1n) is 5.17. The predicted molar refractivity (Wildman–Crippen MR) is 66.6 cm³/mol. The molecule has 1 aromatic carbocycles. The molecule has 0 fully saturated rings. The maximum absolute atomic E-state index is 10.6. The highest BCUT2D eigenvalue weighted by molar-refractivity contribution is 7.87. The van der Waals surface area contributed by atoms with Crippen molar-refractivity contribution in [3.05, 3.63) is 24.3 Å². The molecule has 0 saturated heterocycles. The summed E-state index contributed by atoms with van der Waals surface area (Å²) in [5, 5.41) is 8.87. The molecule has 0 aromatic heterocycles. The predicted octanol–water partition coefficient (Wildman–Crippen LogP) is 0.720. The first-order valence-corrected chi connectivity index (χ1v) is 6.61. The van der Waals surface area contributed by atoms with E-state index in [1.54, 1.807) is 24.3 Å². The van der Waals surface area contributed by atoms with Gasteiger partial charge >= 0.3 is 10.3 Å². The van der Waals surface area contributed by atoms with Crippen molar-refractivity contribution in [1.82, 2.24) is 0 Å². The molecule has 96 valence electrons. The van der Waals surface area contributed by atoms with E-state index in [4.69, 9.17) is 9.66 Å². The first kappa shape index (κ1) is 13.8. The van der Waals surface area contributed by atoms with Crippen LogP contribution in [0.25, 0.3) is 0 Å². The van der Waals surface area contributed by atoms with E-state index in [1.165, 1.54) is 0 Å². The van der Waals surface area contributed by atoms with Gasteiger partial charge in [0.15, 0.2) is 0 Å². The Morgan fingerprint density at radius 1 is 1.29 bits per heavy atom. The zero-order valence-electron chi connectivity index (χ0n) is 9.50. The smallest absolute Gasteiger partial charge is 0.357 e. The number of nitrogens with zero attached hydrogens (tertiary/aromatic N) is 1. The Kier molecular flexibility index (Phi) is 4.73. The normalized spacial score (nSPS) is 11.2. The van der Waals surface area contributed by atoms with Crippen LogP contribution in [0.4, 0.5) is 11.4 Å². The van der Waals surface area contributed by atoms with E-state index in [0.717, 1.165) is 12.2 Å². The Morgan fingerprint density at radius 2 is 1.88 bits per heavy atom. The average molecular weight is 260 g/mol. The number of nitrogens with one attached hydrogen (secondary N) is 1. The Labute approximate surface area is 101 Å². The van der Waals surface area contributed by atoms with Crippen LogP contribution in [0, 0.1) is 0 Å². The van der Waals surface area contributed by atoms with Crippen LogP contribution in [0.15, 0.2) is 24.3 Å². The van der Waals surface area contributed by atoms with Gasteiger partial charge in [-0.3, -0.25) is 9.27 Å². The van der Waals surface area contributed by atoms with E-state index in [0.29, 0.717) is 6.54 Å². The molecule has 0 atom stereocenters. The van der Waals surface area contributed by atoms with Gasteiger partial charge < -0.3 is 10.0 Å². The number of anilines is 2. The van der Waals surface area contributed by atoms with Gasteiger partial charge in [-0.25, -0.2) is 0 Å². The molecule has 0 heterocycles. The van der Waals surface area contributed by atoms with Crippen molar-refractivity contribution in [3.8, 4) is 0 Å². The molecule has 0 aliphatic heterocycles. The zero-order chi connectivity index (χ0) is 12.9. The van der Waals surface area contributed by atoms with Crippen LogP contribution in [0.1, 0.15) is 6.92 Å². The second-order valence-corrected chi connectivity index (χ2v) is 4.58. The van der Waals surface area contributed by atoms with Crippen molar-refractivity contribution in [2.45, 2.75) is 6.92 Å². The van der Waals surface area contributed by atoms with Crippen LogP contribution in [-0.4, -0.2) is 37.8 Å². The van der Waals surface area contributed by atoms with Crippen LogP contribution in [0.3, 0.4) is 0 Å². The lowest BCUT2D eigenvalue weighted by Crippen LogP contribution is -2.26. The number of aliphatic hydroxyl groups excluding tert-OH is 1. The fourth-order valence-electron chi connectivity index (χ4n) is 1.48. The summed E-state index contributed by atoms with van der Waals surface area (Å²) in [6.45, 7) is 3.27. The number of aliphatic hydroxyl groups is 1. The molecule has 0 saturated carbocycles. The standard InChI is InChI=1S/C10H16N2O4S/c1-2-12(7-8-13)10-5-3-9(4-6-10)11-17(14,15)16/h3-6,11,13H,2,7-8H2,1H3,(H,14,15,16). The maximum Gasteiger partial charge on any atom is 0.357 e. The number of likely N-dealkylation sites (N-methyl/N-ethyl adjacent to an activating group) is 1. The van der Waals surface area contributed by atoms with E-state index < -0.39 is 10.3 Å². The molecular weight excluding hydrogens is 244 g/mol. The van der Waals surface area contributed by atoms with Crippen molar-refractivity contribution in [2.24, 2.45) is 0 Å². The van der Waals surface area contributed by atoms with Gasteiger partial charge in [-0.05, 0) is 31.2 Å². The molecule has 0 aliphatic carbocycles. The summed E-state index contributed by atoms with van der Waals surface area (Å²) in [4.78, 5) is 1.94. The summed E-state index contributed by atoms with van der Waals surface area (Å²) < 4.78 is 31.7. The van der Waals surface area contributed by atoms with Crippen molar-refractivity contribution in [1.29, 1.82) is 0 Å². The maximum atomic E-state index is 10.6. The molecule has 0 amide bonds. The van der Waals surface area contributed by atoms with Crippen molar-refractivity contribution in [2.75, 3.05) is 29.3 Å². The molecule has 0 radical (unpaired) electrons. The largest absolute Gasteiger partial charge is 0.395 e. The van der Waals surface area contributed by atoms with E-state index >= 15 is 0 Å². The number of hydrogen-bond donors (Lipinski definition) is 3. The van der Waals surface area contributed by atoms with E-state index in [2.05, 4.69) is 0 Å². The van der Waals surface area contributed by atoms with E-state index in [9.17, 15) is 8.42 Å². The second kappa shape index (κ2) is 5.85. The Morgan fingerprint density at radius 3 is 2.29 bits per heavy atom. The van der Waals surface area contributed by atoms with E-state index in [1.807, 2.05) is 16.5 Å². The van der Waals surface area contributed by atoms with Crippen molar-refractivity contribution in [3.63, 3.8) is 0 Å². The third-order valence-corrected chi connectivity index (χ3v) is 2.72. The summed E-state index contributed by atoms with van der Waals surface area (Å²) in [5.41, 5.74) is 1.17. The summed E-state index contributed by atoms with van der Waals surface area (Å²) in [7, 11) is -4.23. The SMILES string of the molecule is CCN(CCO)c1ccc(NS(=O)(=O)O)cc1. The van der Waals surface area contributed by atoms with Crippen LogP contribution in [0.2, 0.25) is 0 Å². The Bertz CT molecular complexity index is 444. The number of hydrogen-bond acceptors (Lipinski definition) is 4. The lowest BCUT2D eigenvalue weighted by Gasteiger charge is -2.22. The minimum absolute atomic E-state index is 0.0544. The number of rotatable bonds is 6. The zero-order valence-corrected chi connectivity index (χ0v) is 10.3. The third-order valence-electron chi connectivity index (χ3n) is 2.23. The first-order chi connectivity index (χ1) is 7.96. The van der Waals surface area contributed by atoms with E-state index in [-0.39, 0.29) is 12.3 Å². The van der Waals surface area contributed by atoms with Crippen LogP contribution >= 0.6 is 0 Å². The molecule has 0 spiro atoms. The molecule has 0 bridgehead atoms. The highest BCUT2D eigenvalue weighted by Crippen LogP contribution is 2.18. The molecule has 7 heteroatoms. The minimum Gasteiger partial charge on any atom is -0.395 e. The lowest BCUT2D eigenvalue weighted by molar-refractivity contribution is 0.302. The van der Waals surface area contributed by atoms with Gasteiger partial charge in [-0.15, -0.1) is 0 Å². The molecule has 3 N–H and O–H groups in total. The molecule has 6 nitrogen and oxygen atoms in total. The second-order valence-electron chi connectivity index (χ2n) is 3.43. The minimum atomic E-state index is -4.23. The van der Waals surface area contributed by atoms with Crippen LogP contribution in [0.5, 0.6) is 0 Å². The quantitative estimate of drug-likeness (QED) is 0.656. The van der Waals surface area contributed by atoms with Gasteiger partial charge in [0.2, 0.25) is 0 Å². The monoisotopic (exact) mass is 260 g/mol. The van der Waals surface area contributed by atoms with Gasteiger partial charge in [-0.1, -0.05) is 0 Å². The topological polar surface area (TPSA) is 89.9 Å². The summed E-state index contributed by atoms with van der Waals surface area (Å²) in [5.74, 6) is 0. The average Bonchev–Trinajstić information content (AvgIpc) is 2.25. The van der Waals surface area contributed by atoms with Gasteiger partial charge in [0.05, 0.1) is 12.3 Å². The van der Waals surface area contributed by atoms with Crippen molar-refractivity contribution < 1.29 is 18.1 Å². The molecule has 1 aromatic rings. The van der Waals surface area contributed by atoms with Crippen LogP contribution < -0.4 is 9.62 Å². The van der Waals surface area contributed by atoms with Gasteiger partial charge in [0, 0.05) is 18.8 Å². The summed E-state index contributed by atoms with van der Waals surface area (Å²) in [6, 6.07) is 6.52. The molecule has 0 aliphatic rings. The summed E-state index contributed by atoms with van der Waals surface area (Å²) in [6.07, 6.45) is 0. The molecule has 17 heavy (non-hydrogen) atoms. The number of benzene rings is 1. The molecule has 0 unspecified atom stereocenters. The van der Waals surface area contributed by atoms with Crippen molar-refractivity contribution >= 4 is 21.7 Å². The highest BCUT2D eigenvalue weighted by atomic mass is 32.2. The van der Waals surface area contributed by atoms with Gasteiger partial charge in [0.1, 0.15) is 0 Å². The molecular formula is C10H16N2O4S. The Hall–Kier alpha value is -1.31.